The molecule has 0 radical (unpaired) electrons. The van der Waals surface area contributed by atoms with E-state index >= 15 is 0 Å². The Kier molecular flexibility index (Phi) is 4.89. The van der Waals surface area contributed by atoms with Gasteiger partial charge < -0.3 is 14.9 Å². The lowest BCUT2D eigenvalue weighted by molar-refractivity contribution is -0.168. The Labute approximate surface area is 153 Å². The number of carbonyl (C=O) groups is 1. The number of rotatable bonds is 3. The predicted molar refractivity (Wildman–Crippen MR) is 94.7 cm³/mol. The summed E-state index contributed by atoms with van der Waals surface area (Å²) in [4.78, 5) is 11.2. The summed E-state index contributed by atoms with van der Waals surface area (Å²) < 4.78 is 33.4. The number of hydrogen-bond donors (Lipinski definition) is 2. The van der Waals surface area contributed by atoms with Crippen molar-refractivity contribution < 1.29 is 28.2 Å². The van der Waals surface area contributed by atoms with Crippen molar-refractivity contribution in [2.45, 2.75) is 55.6 Å². The minimum absolute atomic E-state index is 0.0323. The Balaban J connectivity index is 1.81. The number of ether oxygens (including phenoxy) is 1. The largest absolute Gasteiger partial charge is 0.478 e. The molecule has 2 fully saturated rings. The first-order valence-electron chi connectivity index (χ1n) is 8.75. The quantitative estimate of drug-likeness (QED) is 0.824. The molecule has 2 aliphatic rings. The molecule has 144 valence electrons. The summed E-state index contributed by atoms with van der Waals surface area (Å²) in [5, 5.41) is 19.5. The Morgan fingerprint density at radius 2 is 1.88 bits per heavy atom. The number of benzene rings is 1. The maximum Gasteiger partial charge on any atom is 0.335 e. The number of nitrogens with zero attached hydrogens (tertiary/aromatic N) is 1. The second kappa shape index (κ2) is 6.60. The zero-order chi connectivity index (χ0) is 19.2. The summed E-state index contributed by atoms with van der Waals surface area (Å²) in [6.45, 7) is 4.50. The van der Waals surface area contributed by atoms with Gasteiger partial charge in [-0.2, -0.15) is 4.31 Å². The topological polar surface area (TPSA) is 104 Å². The van der Waals surface area contributed by atoms with Gasteiger partial charge >= 0.3 is 5.97 Å². The molecule has 2 heterocycles. The van der Waals surface area contributed by atoms with E-state index in [0.29, 0.717) is 37.9 Å². The van der Waals surface area contributed by atoms with Crippen LogP contribution in [-0.4, -0.2) is 59.8 Å². The highest BCUT2D eigenvalue weighted by Crippen LogP contribution is 2.40. The molecule has 0 aromatic heterocycles. The predicted octanol–water partition coefficient (Wildman–Crippen LogP) is 1.78. The van der Waals surface area contributed by atoms with Crippen LogP contribution < -0.4 is 0 Å². The number of sulfonamides is 1. The van der Waals surface area contributed by atoms with Crippen LogP contribution in [0.2, 0.25) is 0 Å². The van der Waals surface area contributed by atoms with Crippen molar-refractivity contribution in [1.82, 2.24) is 4.31 Å². The van der Waals surface area contributed by atoms with Gasteiger partial charge in [-0.05, 0) is 50.8 Å². The van der Waals surface area contributed by atoms with E-state index in [0.717, 1.165) is 0 Å². The summed E-state index contributed by atoms with van der Waals surface area (Å²) >= 11 is 0. The minimum Gasteiger partial charge on any atom is -0.478 e. The summed E-state index contributed by atoms with van der Waals surface area (Å²) in [7, 11) is -3.78. The van der Waals surface area contributed by atoms with E-state index in [1.54, 1.807) is 13.8 Å². The van der Waals surface area contributed by atoms with Crippen LogP contribution in [0, 0.1) is 6.92 Å². The first kappa shape index (κ1) is 19.3. The fourth-order valence-corrected chi connectivity index (χ4v) is 5.62. The van der Waals surface area contributed by atoms with E-state index in [2.05, 4.69) is 0 Å². The molecule has 1 atom stereocenters. The van der Waals surface area contributed by atoms with Crippen LogP contribution in [0.15, 0.2) is 23.1 Å². The van der Waals surface area contributed by atoms with Crippen molar-refractivity contribution in [3.05, 3.63) is 29.3 Å². The molecular weight excluding hydrogens is 358 g/mol. The minimum atomic E-state index is -3.78. The number of carboxylic acid groups (broad SMARTS) is 1. The van der Waals surface area contributed by atoms with Gasteiger partial charge in [-0.25, -0.2) is 13.2 Å². The molecule has 0 amide bonds. The van der Waals surface area contributed by atoms with Crippen LogP contribution in [0.5, 0.6) is 0 Å². The van der Waals surface area contributed by atoms with Crippen molar-refractivity contribution >= 4 is 16.0 Å². The molecule has 7 nitrogen and oxygen atoms in total. The molecule has 0 saturated carbocycles. The van der Waals surface area contributed by atoms with Crippen LogP contribution in [0.1, 0.15) is 48.5 Å². The van der Waals surface area contributed by atoms with Crippen molar-refractivity contribution in [3.8, 4) is 0 Å². The average Bonchev–Trinajstić information content (AvgIpc) is 2.54. The van der Waals surface area contributed by atoms with Crippen LogP contribution in [0.25, 0.3) is 0 Å². The highest BCUT2D eigenvalue weighted by atomic mass is 32.2. The lowest BCUT2D eigenvalue weighted by Gasteiger charge is -2.47. The fraction of sp³-hybridized carbons (Fsp3) is 0.611. The van der Waals surface area contributed by atoms with E-state index in [-0.39, 0.29) is 23.5 Å². The van der Waals surface area contributed by atoms with Crippen molar-refractivity contribution in [2.24, 2.45) is 0 Å². The number of hydrogen-bond acceptors (Lipinski definition) is 5. The molecule has 3 rings (SSSR count). The van der Waals surface area contributed by atoms with E-state index < -0.39 is 27.2 Å². The zero-order valence-corrected chi connectivity index (χ0v) is 15.9. The first-order valence-corrected chi connectivity index (χ1v) is 10.2. The van der Waals surface area contributed by atoms with Gasteiger partial charge in [-0.15, -0.1) is 0 Å². The standard InChI is InChI=1S/C18H25NO6S/c1-13-3-4-14(16(20)21)11-15(13)26(23,24)19-8-5-18(6-9-19)12-17(2,22)7-10-25-18/h3-4,11,22H,5-10,12H2,1-2H3,(H,20,21). The van der Waals surface area contributed by atoms with E-state index in [9.17, 15) is 18.3 Å². The van der Waals surface area contributed by atoms with Gasteiger partial charge in [-0.1, -0.05) is 6.07 Å². The number of aryl methyl sites for hydroxylation is 1. The molecule has 2 aliphatic heterocycles. The molecule has 26 heavy (non-hydrogen) atoms. The third-order valence-corrected chi connectivity index (χ3v) is 7.48. The van der Waals surface area contributed by atoms with Gasteiger partial charge in [0.25, 0.3) is 0 Å². The summed E-state index contributed by atoms with van der Waals surface area (Å²) in [6.07, 6.45) is 2.11. The molecule has 8 heteroatoms. The first-order chi connectivity index (χ1) is 12.0. The molecule has 1 aromatic carbocycles. The van der Waals surface area contributed by atoms with Crippen LogP contribution in [0.3, 0.4) is 0 Å². The third-order valence-electron chi connectivity index (χ3n) is 5.44. The molecular formula is C18H25NO6S. The maximum absolute atomic E-state index is 13.0. The molecule has 1 aromatic rings. The second-order valence-corrected chi connectivity index (χ2v) is 9.55. The van der Waals surface area contributed by atoms with Gasteiger partial charge in [0, 0.05) is 19.5 Å². The van der Waals surface area contributed by atoms with Crippen LogP contribution in [-0.2, 0) is 14.8 Å². The molecule has 1 unspecified atom stereocenters. The molecule has 2 N–H and O–H groups in total. The second-order valence-electron chi connectivity index (χ2n) is 7.64. The highest BCUT2D eigenvalue weighted by Gasteiger charge is 2.46. The zero-order valence-electron chi connectivity index (χ0n) is 15.1. The smallest absolute Gasteiger partial charge is 0.335 e. The van der Waals surface area contributed by atoms with Gasteiger partial charge in [0.2, 0.25) is 10.0 Å². The monoisotopic (exact) mass is 383 g/mol. The van der Waals surface area contributed by atoms with Gasteiger partial charge in [0.15, 0.2) is 0 Å². The SMILES string of the molecule is Cc1ccc(C(=O)O)cc1S(=O)(=O)N1CCC2(CC1)CC(C)(O)CCO2. The molecule has 0 aliphatic carbocycles. The fourth-order valence-electron chi connectivity index (χ4n) is 3.93. The Bertz CT molecular complexity index is 809. The van der Waals surface area contributed by atoms with Crippen molar-refractivity contribution in [2.75, 3.05) is 19.7 Å². The lowest BCUT2D eigenvalue weighted by atomic mass is 9.78. The molecule has 0 bridgehead atoms. The van der Waals surface area contributed by atoms with Crippen LogP contribution >= 0.6 is 0 Å². The van der Waals surface area contributed by atoms with Gasteiger partial charge in [0.1, 0.15) is 0 Å². The summed E-state index contributed by atoms with van der Waals surface area (Å²) in [5.74, 6) is -1.16. The van der Waals surface area contributed by atoms with Gasteiger partial charge in [-0.3, -0.25) is 0 Å². The van der Waals surface area contributed by atoms with E-state index in [4.69, 9.17) is 9.84 Å². The Hall–Kier alpha value is -1.48. The summed E-state index contributed by atoms with van der Waals surface area (Å²) in [5.41, 5.74) is -0.793. The van der Waals surface area contributed by atoms with Crippen molar-refractivity contribution in [3.63, 3.8) is 0 Å². The summed E-state index contributed by atoms with van der Waals surface area (Å²) in [6, 6.07) is 4.14. The number of piperidine rings is 1. The Morgan fingerprint density at radius 3 is 2.46 bits per heavy atom. The molecule has 2 saturated heterocycles. The lowest BCUT2D eigenvalue weighted by Crippen LogP contribution is -2.54. The third kappa shape index (κ3) is 3.64. The normalized spacial score (nSPS) is 26.7. The molecule has 1 spiro atoms. The maximum atomic E-state index is 13.0. The van der Waals surface area contributed by atoms with Gasteiger partial charge in [0.05, 0.1) is 28.3 Å². The van der Waals surface area contributed by atoms with Crippen molar-refractivity contribution in [1.29, 1.82) is 0 Å². The van der Waals surface area contributed by atoms with E-state index in [1.807, 2.05) is 0 Å². The van der Waals surface area contributed by atoms with Crippen LogP contribution in [0.4, 0.5) is 0 Å². The average molecular weight is 383 g/mol. The number of aliphatic hydroxyl groups is 1. The highest BCUT2D eigenvalue weighted by molar-refractivity contribution is 7.89. The Morgan fingerprint density at radius 1 is 1.23 bits per heavy atom. The number of aromatic carboxylic acids is 1. The number of carboxylic acids is 1. The van der Waals surface area contributed by atoms with E-state index in [1.165, 1.54) is 22.5 Å².